The number of guanidine groups is 1. The normalized spacial score (nSPS) is 18.0. The molecule has 1 fully saturated rings. The zero-order valence-corrected chi connectivity index (χ0v) is 16.1. The molecule has 0 spiro atoms. The Morgan fingerprint density at radius 1 is 1.38 bits per heavy atom. The molecule has 2 N–H and O–H groups in total. The van der Waals surface area contributed by atoms with Crippen LogP contribution in [0.4, 0.5) is 10.1 Å². The molecule has 0 aromatic heterocycles. The molecular weight excluding hydrogens is 333 g/mol. The second-order valence-corrected chi connectivity index (χ2v) is 7.13. The van der Waals surface area contributed by atoms with E-state index >= 15 is 0 Å². The Kier molecular flexibility index (Phi) is 7.24. The molecule has 1 aromatic rings. The quantitative estimate of drug-likeness (QED) is 0.619. The Bertz CT molecular complexity index is 632. The number of halogens is 1. The number of nitrogens with one attached hydrogen (secondary N) is 2. The Morgan fingerprint density at radius 3 is 2.77 bits per heavy atom. The first-order chi connectivity index (χ1) is 12.4. The Labute approximate surface area is 155 Å². The molecule has 144 valence electrons. The zero-order valence-electron chi connectivity index (χ0n) is 16.1. The van der Waals surface area contributed by atoms with E-state index in [2.05, 4.69) is 20.5 Å². The number of para-hydroxylation sites is 1. The third-order valence-electron chi connectivity index (χ3n) is 4.25. The van der Waals surface area contributed by atoms with Gasteiger partial charge in [0.05, 0.1) is 5.69 Å². The number of carbonyl (C=O) groups excluding carboxylic acids is 1. The molecule has 6 nitrogen and oxygen atoms in total. The molecule has 7 heteroatoms. The van der Waals surface area contributed by atoms with E-state index in [0.29, 0.717) is 18.2 Å². The van der Waals surface area contributed by atoms with Gasteiger partial charge in [0.25, 0.3) is 0 Å². The molecule has 0 saturated carbocycles. The number of aliphatic imine (C=N–C) groups is 1. The minimum absolute atomic E-state index is 0.0496. The molecule has 0 aliphatic carbocycles. The maximum absolute atomic E-state index is 14.1. The summed E-state index contributed by atoms with van der Waals surface area (Å²) in [5, 5.41) is 6.67. The summed E-state index contributed by atoms with van der Waals surface area (Å²) in [6.07, 6.45) is 1.95. The summed E-state index contributed by atoms with van der Waals surface area (Å²) in [4.78, 5) is 19.8. The highest BCUT2D eigenvalue weighted by Gasteiger charge is 2.23. The largest absolute Gasteiger partial charge is 0.367 e. The molecule has 2 rings (SSSR count). The van der Waals surface area contributed by atoms with Crippen LogP contribution in [0.3, 0.4) is 0 Å². The van der Waals surface area contributed by atoms with Crippen molar-refractivity contribution in [3.05, 3.63) is 30.1 Å². The fraction of sp³-hybridized carbons (Fsp3) is 0.579. The van der Waals surface area contributed by atoms with E-state index in [1.54, 1.807) is 20.2 Å². The molecule has 1 amide bonds. The molecular formula is C19H30FN5O. The van der Waals surface area contributed by atoms with Gasteiger partial charge in [-0.1, -0.05) is 12.1 Å². The van der Waals surface area contributed by atoms with Gasteiger partial charge in [0.2, 0.25) is 5.91 Å². The van der Waals surface area contributed by atoms with Crippen molar-refractivity contribution in [2.75, 3.05) is 38.6 Å². The number of benzene rings is 1. The third kappa shape index (κ3) is 5.89. The summed E-state index contributed by atoms with van der Waals surface area (Å²) in [5.41, 5.74) is 0.636. The van der Waals surface area contributed by atoms with Crippen molar-refractivity contribution in [2.45, 2.75) is 38.8 Å². The maximum Gasteiger partial charge on any atom is 0.243 e. The van der Waals surface area contributed by atoms with Crippen LogP contribution in [0.2, 0.25) is 0 Å². The smallest absolute Gasteiger partial charge is 0.243 e. The van der Waals surface area contributed by atoms with Crippen LogP contribution in [0.1, 0.15) is 26.7 Å². The highest BCUT2D eigenvalue weighted by Crippen LogP contribution is 2.22. The Morgan fingerprint density at radius 2 is 2.12 bits per heavy atom. The molecule has 0 bridgehead atoms. The average Bonchev–Trinajstić information content (AvgIpc) is 2.59. The van der Waals surface area contributed by atoms with Gasteiger partial charge in [-0.3, -0.25) is 4.79 Å². The van der Waals surface area contributed by atoms with Gasteiger partial charge in [-0.05, 0) is 38.8 Å². The summed E-state index contributed by atoms with van der Waals surface area (Å²) in [7, 11) is 3.43. The van der Waals surface area contributed by atoms with E-state index in [9.17, 15) is 9.18 Å². The number of carbonyl (C=O) groups is 1. The average molecular weight is 363 g/mol. The van der Waals surface area contributed by atoms with E-state index in [0.717, 1.165) is 19.4 Å². The van der Waals surface area contributed by atoms with Crippen molar-refractivity contribution in [1.82, 2.24) is 15.5 Å². The van der Waals surface area contributed by atoms with Crippen LogP contribution in [0, 0.1) is 5.82 Å². The lowest BCUT2D eigenvalue weighted by atomic mass is 10.0. The monoisotopic (exact) mass is 363 g/mol. The van der Waals surface area contributed by atoms with Crippen molar-refractivity contribution < 1.29 is 9.18 Å². The highest BCUT2D eigenvalue weighted by atomic mass is 19.1. The summed E-state index contributed by atoms with van der Waals surface area (Å²) < 4.78 is 14.1. The summed E-state index contributed by atoms with van der Waals surface area (Å²) in [5.74, 6) is 0.376. The van der Waals surface area contributed by atoms with E-state index in [1.807, 2.05) is 26.0 Å². The number of hydrogen-bond donors (Lipinski definition) is 2. The molecule has 26 heavy (non-hydrogen) atoms. The molecule has 1 aliphatic heterocycles. The molecule has 1 unspecified atom stereocenters. The lowest BCUT2D eigenvalue weighted by molar-refractivity contribution is -0.127. The van der Waals surface area contributed by atoms with Crippen LogP contribution in [0.15, 0.2) is 29.3 Å². The lowest BCUT2D eigenvalue weighted by Crippen LogP contribution is -2.52. The molecule has 1 aromatic carbocycles. The summed E-state index contributed by atoms with van der Waals surface area (Å²) in [6, 6.07) is 7.21. The van der Waals surface area contributed by atoms with Gasteiger partial charge in [0.15, 0.2) is 5.96 Å². The maximum atomic E-state index is 14.1. The third-order valence-corrected chi connectivity index (χ3v) is 4.25. The molecule has 1 atom stereocenters. The highest BCUT2D eigenvalue weighted by molar-refractivity contribution is 5.85. The number of rotatable bonds is 5. The summed E-state index contributed by atoms with van der Waals surface area (Å²) in [6.45, 7) is 5.68. The van der Waals surface area contributed by atoms with Gasteiger partial charge in [0.1, 0.15) is 12.4 Å². The topological polar surface area (TPSA) is 60.0 Å². The first kappa shape index (κ1) is 20.0. The second-order valence-electron chi connectivity index (χ2n) is 7.13. The van der Waals surface area contributed by atoms with E-state index in [1.165, 1.54) is 11.0 Å². The molecule has 0 radical (unpaired) electrons. The van der Waals surface area contributed by atoms with Gasteiger partial charge in [-0.15, -0.1) is 0 Å². The first-order valence-electron chi connectivity index (χ1n) is 9.14. The number of anilines is 1. The zero-order chi connectivity index (χ0) is 19.1. The van der Waals surface area contributed by atoms with Crippen molar-refractivity contribution >= 4 is 17.6 Å². The molecule has 1 aliphatic rings. The van der Waals surface area contributed by atoms with Crippen LogP contribution in [-0.4, -0.2) is 62.6 Å². The van der Waals surface area contributed by atoms with Crippen molar-refractivity contribution in [3.8, 4) is 0 Å². The summed E-state index contributed by atoms with van der Waals surface area (Å²) >= 11 is 0. The van der Waals surface area contributed by atoms with Gasteiger partial charge in [0, 0.05) is 39.3 Å². The van der Waals surface area contributed by atoms with Crippen LogP contribution in [0.25, 0.3) is 0 Å². The fourth-order valence-electron chi connectivity index (χ4n) is 2.91. The van der Waals surface area contributed by atoms with E-state index < -0.39 is 0 Å². The number of amides is 1. The van der Waals surface area contributed by atoms with Crippen molar-refractivity contribution in [3.63, 3.8) is 0 Å². The van der Waals surface area contributed by atoms with Gasteiger partial charge >= 0.3 is 0 Å². The minimum atomic E-state index is -0.195. The predicted molar refractivity (Wildman–Crippen MR) is 104 cm³/mol. The number of likely N-dealkylation sites (N-methyl/N-ethyl adjacent to an activating group) is 1. The van der Waals surface area contributed by atoms with Crippen LogP contribution >= 0.6 is 0 Å². The number of hydrogen-bond acceptors (Lipinski definition) is 3. The number of nitrogens with zero attached hydrogens (tertiary/aromatic N) is 3. The fourth-order valence-corrected chi connectivity index (χ4v) is 2.91. The molecule has 1 saturated heterocycles. The SMILES string of the molecule is CC(C)NC(=NCC(=O)N(C)C)NC1CCCN(c2ccccc2F)C1. The molecule has 1 heterocycles. The van der Waals surface area contributed by atoms with Crippen molar-refractivity contribution in [2.24, 2.45) is 4.99 Å². The van der Waals surface area contributed by atoms with Gasteiger partial charge in [-0.2, -0.15) is 0 Å². The van der Waals surface area contributed by atoms with Gasteiger partial charge in [-0.25, -0.2) is 9.38 Å². The second kappa shape index (κ2) is 9.40. The van der Waals surface area contributed by atoms with Gasteiger partial charge < -0.3 is 20.4 Å². The van der Waals surface area contributed by atoms with Crippen LogP contribution in [-0.2, 0) is 4.79 Å². The number of piperidine rings is 1. The Hall–Kier alpha value is -2.31. The lowest BCUT2D eigenvalue weighted by Gasteiger charge is -2.35. The first-order valence-corrected chi connectivity index (χ1v) is 9.14. The Balaban J connectivity index is 2.03. The van der Waals surface area contributed by atoms with Crippen LogP contribution < -0.4 is 15.5 Å². The van der Waals surface area contributed by atoms with Crippen molar-refractivity contribution in [1.29, 1.82) is 0 Å². The van der Waals surface area contributed by atoms with E-state index in [4.69, 9.17) is 0 Å². The van der Waals surface area contributed by atoms with E-state index in [-0.39, 0.29) is 30.4 Å². The predicted octanol–water partition coefficient (Wildman–Crippen LogP) is 1.83. The van der Waals surface area contributed by atoms with Crippen LogP contribution in [0.5, 0.6) is 0 Å². The minimum Gasteiger partial charge on any atom is -0.367 e. The standard InChI is InChI=1S/C19H30FN5O/c1-14(2)22-19(21-12-18(26)24(3)4)23-15-8-7-11-25(13-15)17-10-6-5-9-16(17)20/h5-6,9-10,14-15H,7-8,11-13H2,1-4H3,(H2,21,22,23).